The Morgan fingerprint density at radius 1 is 0.545 bits per heavy atom. The summed E-state index contributed by atoms with van der Waals surface area (Å²) >= 11 is 0. The normalized spacial score (nSPS) is 23.3. The molecule has 0 unspecified atom stereocenters. The third-order valence-corrected chi connectivity index (χ3v) is 5.28. The van der Waals surface area contributed by atoms with Crippen LogP contribution in [0.15, 0.2) is 11.1 Å². The second kappa shape index (κ2) is 8.35. The van der Waals surface area contributed by atoms with Gasteiger partial charge >= 0.3 is 11.9 Å². The predicted molar refractivity (Wildman–Crippen MR) is 84.7 cm³/mol. The maximum absolute atomic E-state index is 11.9. The molecule has 0 amide bonds. The van der Waals surface area contributed by atoms with Crippen molar-refractivity contribution < 1.29 is 19.8 Å². The Kier molecular flexibility index (Phi) is 6.47. The average molecular weight is 308 g/mol. The van der Waals surface area contributed by atoms with Crippen molar-refractivity contribution in [2.45, 2.75) is 77.0 Å². The van der Waals surface area contributed by atoms with Gasteiger partial charge in [0.25, 0.3) is 0 Å². The van der Waals surface area contributed by atoms with Crippen molar-refractivity contribution in [3.05, 3.63) is 11.1 Å². The van der Waals surface area contributed by atoms with Gasteiger partial charge in [0.1, 0.15) is 0 Å². The van der Waals surface area contributed by atoms with E-state index in [1.54, 1.807) is 0 Å². The minimum Gasteiger partial charge on any atom is -0.478 e. The fourth-order valence-corrected chi connectivity index (χ4v) is 4.16. The predicted octanol–water partition coefficient (Wildman–Crippen LogP) is 4.39. The number of carbonyl (C=O) groups is 2. The SMILES string of the molecule is O=C(O)/C(=C(\C(=O)O)C1CCCCCC1)C1CCCCCC1. The Bertz CT molecular complexity index is 382. The molecule has 124 valence electrons. The molecule has 0 aliphatic heterocycles. The van der Waals surface area contributed by atoms with Crippen LogP contribution in [0.2, 0.25) is 0 Å². The van der Waals surface area contributed by atoms with E-state index in [1.807, 2.05) is 0 Å². The highest BCUT2D eigenvalue weighted by molar-refractivity contribution is 5.99. The fourth-order valence-electron chi connectivity index (χ4n) is 4.16. The molecule has 0 bridgehead atoms. The number of rotatable bonds is 4. The van der Waals surface area contributed by atoms with E-state index >= 15 is 0 Å². The van der Waals surface area contributed by atoms with Crippen molar-refractivity contribution in [2.75, 3.05) is 0 Å². The van der Waals surface area contributed by atoms with Crippen LogP contribution >= 0.6 is 0 Å². The third-order valence-electron chi connectivity index (χ3n) is 5.28. The third kappa shape index (κ3) is 4.34. The van der Waals surface area contributed by atoms with Crippen molar-refractivity contribution in [1.29, 1.82) is 0 Å². The Morgan fingerprint density at radius 3 is 1.05 bits per heavy atom. The van der Waals surface area contributed by atoms with E-state index in [-0.39, 0.29) is 23.0 Å². The van der Waals surface area contributed by atoms with Crippen LogP contribution in [0.3, 0.4) is 0 Å². The van der Waals surface area contributed by atoms with Gasteiger partial charge in [-0.25, -0.2) is 9.59 Å². The Labute approximate surface area is 132 Å². The zero-order valence-corrected chi connectivity index (χ0v) is 13.4. The topological polar surface area (TPSA) is 74.6 Å². The van der Waals surface area contributed by atoms with Gasteiger partial charge in [0.15, 0.2) is 0 Å². The highest BCUT2D eigenvalue weighted by atomic mass is 16.4. The molecule has 0 atom stereocenters. The van der Waals surface area contributed by atoms with Crippen molar-refractivity contribution in [3.8, 4) is 0 Å². The van der Waals surface area contributed by atoms with Crippen LogP contribution in [-0.2, 0) is 9.59 Å². The second-order valence-corrected chi connectivity index (χ2v) is 6.81. The van der Waals surface area contributed by atoms with Crippen LogP contribution in [0.5, 0.6) is 0 Å². The molecular formula is C18H28O4. The standard InChI is InChI=1S/C18H28O4/c19-17(20)15(13-9-5-1-2-6-10-13)16(18(21)22)14-11-7-3-4-8-12-14/h13-14H,1-12H2,(H,19,20)(H,21,22)/b16-15-. The van der Waals surface area contributed by atoms with E-state index in [0.29, 0.717) is 0 Å². The van der Waals surface area contributed by atoms with Crippen LogP contribution < -0.4 is 0 Å². The Balaban J connectivity index is 2.36. The van der Waals surface area contributed by atoms with Crippen LogP contribution in [0.1, 0.15) is 77.0 Å². The molecule has 2 N–H and O–H groups in total. The Hall–Kier alpha value is -1.32. The van der Waals surface area contributed by atoms with Crippen LogP contribution in [-0.4, -0.2) is 22.2 Å². The molecule has 0 heterocycles. The van der Waals surface area contributed by atoms with Gasteiger partial charge in [-0.1, -0.05) is 51.4 Å². The average Bonchev–Trinajstić information content (AvgIpc) is 2.88. The largest absolute Gasteiger partial charge is 0.478 e. The maximum Gasteiger partial charge on any atom is 0.332 e. The molecule has 0 radical (unpaired) electrons. The van der Waals surface area contributed by atoms with Crippen molar-refractivity contribution in [2.24, 2.45) is 11.8 Å². The summed E-state index contributed by atoms with van der Waals surface area (Å²) in [5.74, 6) is -2.16. The number of hydrogen-bond donors (Lipinski definition) is 2. The molecule has 2 saturated carbocycles. The highest BCUT2D eigenvalue weighted by Crippen LogP contribution is 2.36. The van der Waals surface area contributed by atoms with E-state index < -0.39 is 11.9 Å². The van der Waals surface area contributed by atoms with Gasteiger partial charge in [-0.3, -0.25) is 0 Å². The van der Waals surface area contributed by atoms with Crippen molar-refractivity contribution in [3.63, 3.8) is 0 Å². The monoisotopic (exact) mass is 308 g/mol. The summed E-state index contributed by atoms with van der Waals surface area (Å²) < 4.78 is 0. The summed E-state index contributed by atoms with van der Waals surface area (Å²) in [6.45, 7) is 0. The van der Waals surface area contributed by atoms with E-state index in [1.165, 1.54) is 0 Å². The summed E-state index contributed by atoms with van der Waals surface area (Å²) in [4.78, 5) is 23.7. The van der Waals surface area contributed by atoms with Gasteiger partial charge in [-0.15, -0.1) is 0 Å². The zero-order chi connectivity index (χ0) is 15.9. The molecule has 0 spiro atoms. The van der Waals surface area contributed by atoms with E-state index in [4.69, 9.17) is 0 Å². The summed E-state index contributed by atoms with van der Waals surface area (Å²) in [5, 5.41) is 19.4. The minimum absolute atomic E-state index is 0.0747. The van der Waals surface area contributed by atoms with Crippen LogP contribution in [0, 0.1) is 11.8 Å². The fraction of sp³-hybridized carbons (Fsp3) is 0.778. The maximum atomic E-state index is 11.9. The first-order valence-corrected chi connectivity index (χ1v) is 8.82. The number of aliphatic carboxylic acids is 2. The van der Waals surface area contributed by atoms with Gasteiger partial charge in [0.2, 0.25) is 0 Å². The van der Waals surface area contributed by atoms with Crippen LogP contribution in [0.25, 0.3) is 0 Å². The van der Waals surface area contributed by atoms with Gasteiger partial charge in [0, 0.05) is 0 Å². The second-order valence-electron chi connectivity index (χ2n) is 6.81. The molecule has 2 fully saturated rings. The summed E-state index contributed by atoms with van der Waals surface area (Å²) in [7, 11) is 0. The molecular weight excluding hydrogens is 280 g/mol. The quantitative estimate of drug-likeness (QED) is 0.596. The van der Waals surface area contributed by atoms with Gasteiger partial charge in [-0.2, -0.15) is 0 Å². The van der Waals surface area contributed by atoms with Crippen molar-refractivity contribution >= 4 is 11.9 Å². The molecule has 0 aromatic rings. The van der Waals surface area contributed by atoms with Gasteiger partial charge in [-0.05, 0) is 37.5 Å². The Morgan fingerprint density at radius 2 is 0.818 bits per heavy atom. The highest BCUT2D eigenvalue weighted by Gasteiger charge is 2.32. The molecule has 2 aliphatic carbocycles. The van der Waals surface area contributed by atoms with Gasteiger partial charge in [0.05, 0.1) is 11.1 Å². The van der Waals surface area contributed by atoms with Crippen molar-refractivity contribution in [1.82, 2.24) is 0 Å². The molecule has 0 aromatic carbocycles. The number of carboxylic acids is 2. The molecule has 0 aromatic heterocycles. The number of carboxylic acid groups (broad SMARTS) is 2. The molecule has 2 rings (SSSR count). The number of hydrogen-bond acceptors (Lipinski definition) is 2. The molecule has 4 nitrogen and oxygen atoms in total. The lowest BCUT2D eigenvalue weighted by molar-refractivity contribution is -0.137. The zero-order valence-electron chi connectivity index (χ0n) is 13.4. The van der Waals surface area contributed by atoms with Crippen LogP contribution in [0.4, 0.5) is 0 Å². The molecule has 4 heteroatoms. The lowest BCUT2D eigenvalue weighted by Gasteiger charge is -2.23. The minimum atomic E-state index is -1.01. The molecule has 22 heavy (non-hydrogen) atoms. The lowest BCUT2D eigenvalue weighted by Crippen LogP contribution is -2.23. The summed E-state index contributed by atoms with van der Waals surface area (Å²) in [6, 6.07) is 0. The first-order valence-electron chi connectivity index (χ1n) is 8.82. The first kappa shape index (κ1) is 17.0. The molecule has 2 aliphatic rings. The summed E-state index contributed by atoms with van der Waals surface area (Å²) in [6.07, 6.45) is 11.9. The van der Waals surface area contributed by atoms with Gasteiger partial charge < -0.3 is 10.2 Å². The first-order chi connectivity index (χ1) is 10.6. The van der Waals surface area contributed by atoms with E-state index in [2.05, 4.69) is 0 Å². The van der Waals surface area contributed by atoms with E-state index in [9.17, 15) is 19.8 Å². The molecule has 0 saturated heterocycles. The van der Waals surface area contributed by atoms with E-state index in [0.717, 1.165) is 77.0 Å². The summed E-state index contributed by atoms with van der Waals surface area (Å²) in [5.41, 5.74) is 0.447. The smallest absolute Gasteiger partial charge is 0.332 e. The lowest BCUT2D eigenvalue weighted by atomic mass is 9.81.